The van der Waals surface area contributed by atoms with Crippen molar-refractivity contribution >= 4 is 21.6 Å². The quantitative estimate of drug-likeness (QED) is 0.731. The van der Waals surface area contributed by atoms with Crippen LogP contribution in [-0.4, -0.2) is 6.54 Å². The Hall–Kier alpha value is -0.500. The van der Waals surface area contributed by atoms with Crippen LogP contribution in [0.15, 0.2) is 22.7 Å². The molecule has 1 nitrogen and oxygen atoms in total. The molecule has 1 fully saturated rings. The van der Waals surface area contributed by atoms with E-state index in [0.717, 1.165) is 0 Å². The van der Waals surface area contributed by atoms with Crippen LogP contribution in [0.1, 0.15) is 18.4 Å². The minimum atomic E-state index is 0.640. The van der Waals surface area contributed by atoms with E-state index >= 15 is 0 Å². The van der Waals surface area contributed by atoms with Gasteiger partial charge in [0.15, 0.2) is 0 Å². The molecule has 0 aromatic heterocycles. The van der Waals surface area contributed by atoms with Crippen molar-refractivity contribution in [2.45, 2.75) is 19.3 Å². The SMILES string of the molecule is Brc1ccc2c(c1)NCC1(CC1)C2. The van der Waals surface area contributed by atoms with E-state index in [-0.39, 0.29) is 0 Å². The Labute approximate surface area is 86.7 Å². The number of nitrogens with one attached hydrogen (secondary N) is 1. The van der Waals surface area contributed by atoms with Gasteiger partial charge in [0.2, 0.25) is 0 Å². The molecule has 1 N–H and O–H groups in total. The van der Waals surface area contributed by atoms with Gasteiger partial charge in [-0.05, 0) is 42.4 Å². The summed E-state index contributed by atoms with van der Waals surface area (Å²) in [6.45, 7) is 1.18. The Morgan fingerprint density at radius 2 is 2.15 bits per heavy atom. The standard InChI is InChI=1S/C11H12BrN/c12-9-2-1-8-6-11(3-4-11)7-13-10(8)5-9/h1-2,5,13H,3-4,6-7H2. The molecule has 0 atom stereocenters. The zero-order valence-electron chi connectivity index (χ0n) is 7.44. The lowest BCUT2D eigenvalue weighted by molar-refractivity contribution is 0.523. The Bertz CT molecular complexity index is 355. The summed E-state index contributed by atoms with van der Waals surface area (Å²) in [6.07, 6.45) is 4.10. The van der Waals surface area contributed by atoms with Gasteiger partial charge in [-0.25, -0.2) is 0 Å². The molecule has 1 spiro atoms. The van der Waals surface area contributed by atoms with E-state index in [1.165, 1.54) is 41.5 Å². The van der Waals surface area contributed by atoms with Gasteiger partial charge in [-0.1, -0.05) is 22.0 Å². The molecule has 1 aliphatic carbocycles. The molecule has 3 rings (SSSR count). The van der Waals surface area contributed by atoms with Crippen LogP contribution < -0.4 is 5.32 Å². The van der Waals surface area contributed by atoms with Gasteiger partial charge in [0.25, 0.3) is 0 Å². The van der Waals surface area contributed by atoms with Crippen LogP contribution >= 0.6 is 15.9 Å². The Balaban J connectivity index is 2.00. The van der Waals surface area contributed by atoms with Gasteiger partial charge in [0.1, 0.15) is 0 Å². The van der Waals surface area contributed by atoms with E-state index in [2.05, 4.69) is 39.4 Å². The predicted molar refractivity (Wildman–Crippen MR) is 58.0 cm³/mol. The van der Waals surface area contributed by atoms with E-state index in [1.807, 2.05) is 0 Å². The minimum Gasteiger partial charge on any atom is -0.384 e. The molecule has 0 saturated heterocycles. The summed E-state index contributed by atoms with van der Waals surface area (Å²) in [6, 6.07) is 6.57. The molecule has 0 radical (unpaired) electrons. The fourth-order valence-electron chi connectivity index (χ4n) is 2.15. The second-order valence-corrected chi connectivity index (χ2v) is 5.25. The summed E-state index contributed by atoms with van der Waals surface area (Å²) >= 11 is 3.49. The van der Waals surface area contributed by atoms with E-state index in [0.29, 0.717) is 5.41 Å². The van der Waals surface area contributed by atoms with Crippen molar-refractivity contribution < 1.29 is 0 Å². The number of halogens is 1. The molecule has 2 aliphatic rings. The number of benzene rings is 1. The third kappa shape index (κ3) is 1.28. The molecule has 1 heterocycles. The summed E-state index contributed by atoms with van der Waals surface area (Å²) < 4.78 is 1.17. The zero-order valence-corrected chi connectivity index (χ0v) is 9.02. The normalized spacial score (nSPS) is 22.2. The van der Waals surface area contributed by atoms with Gasteiger partial charge in [0, 0.05) is 16.7 Å². The highest BCUT2D eigenvalue weighted by Gasteiger charge is 2.44. The van der Waals surface area contributed by atoms with E-state index in [1.54, 1.807) is 0 Å². The van der Waals surface area contributed by atoms with Gasteiger partial charge < -0.3 is 5.32 Å². The molecule has 1 aliphatic heterocycles. The highest BCUT2D eigenvalue weighted by molar-refractivity contribution is 9.10. The monoisotopic (exact) mass is 237 g/mol. The number of anilines is 1. The molecule has 13 heavy (non-hydrogen) atoms. The summed E-state index contributed by atoms with van der Waals surface area (Å²) in [7, 11) is 0. The van der Waals surface area contributed by atoms with Crippen molar-refractivity contribution in [3.8, 4) is 0 Å². The lowest BCUT2D eigenvalue weighted by atomic mass is 9.91. The second kappa shape index (κ2) is 2.50. The van der Waals surface area contributed by atoms with Gasteiger partial charge in [-0.3, -0.25) is 0 Å². The van der Waals surface area contributed by atoms with Crippen LogP contribution in [0.5, 0.6) is 0 Å². The first-order valence-electron chi connectivity index (χ1n) is 4.80. The van der Waals surface area contributed by atoms with Gasteiger partial charge in [-0.2, -0.15) is 0 Å². The van der Waals surface area contributed by atoms with E-state index in [9.17, 15) is 0 Å². The maximum atomic E-state index is 3.53. The highest BCUT2D eigenvalue weighted by atomic mass is 79.9. The number of hydrogen-bond acceptors (Lipinski definition) is 1. The largest absolute Gasteiger partial charge is 0.384 e. The molecule has 2 heteroatoms. The average Bonchev–Trinajstić information content (AvgIpc) is 2.87. The Morgan fingerprint density at radius 1 is 1.31 bits per heavy atom. The summed E-state index contributed by atoms with van der Waals surface area (Å²) in [4.78, 5) is 0. The molecule has 1 saturated carbocycles. The zero-order chi connectivity index (χ0) is 8.89. The summed E-state index contributed by atoms with van der Waals surface area (Å²) in [5.41, 5.74) is 3.46. The summed E-state index contributed by atoms with van der Waals surface area (Å²) in [5.74, 6) is 0. The van der Waals surface area contributed by atoms with Crippen molar-refractivity contribution in [1.82, 2.24) is 0 Å². The predicted octanol–water partition coefficient (Wildman–Crippen LogP) is 3.20. The summed E-state index contributed by atoms with van der Waals surface area (Å²) in [5, 5.41) is 3.53. The molecule has 68 valence electrons. The van der Waals surface area contributed by atoms with Gasteiger partial charge in [0.05, 0.1) is 0 Å². The number of fused-ring (bicyclic) bond motifs is 1. The fraction of sp³-hybridized carbons (Fsp3) is 0.455. The molecule has 0 unspecified atom stereocenters. The second-order valence-electron chi connectivity index (χ2n) is 4.33. The maximum absolute atomic E-state index is 3.53. The minimum absolute atomic E-state index is 0.640. The van der Waals surface area contributed by atoms with Crippen LogP contribution in [0.25, 0.3) is 0 Å². The lowest BCUT2D eigenvalue weighted by Crippen LogP contribution is -2.24. The average molecular weight is 238 g/mol. The van der Waals surface area contributed by atoms with Crippen molar-refractivity contribution in [1.29, 1.82) is 0 Å². The smallest absolute Gasteiger partial charge is 0.0384 e. The van der Waals surface area contributed by atoms with Crippen molar-refractivity contribution in [2.75, 3.05) is 11.9 Å². The van der Waals surface area contributed by atoms with Crippen LogP contribution in [0.3, 0.4) is 0 Å². The fourth-order valence-corrected chi connectivity index (χ4v) is 2.51. The van der Waals surface area contributed by atoms with Crippen LogP contribution in [0, 0.1) is 5.41 Å². The highest BCUT2D eigenvalue weighted by Crippen LogP contribution is 2.51. The van der Waals surface area contributed by atoms with Crippen molar-refractivity contribution in [3.63, 3.8) is 0 Å². The lowest BCUT2D eigenvalue weighted by Gasteiger charge is -2.25. The topological polar surface area (TPSA) is 12.0 Å². The molecular formula is C11H12BrN. The molecule has 0 amide bonds. The third-order valence-corrected chi connectivity index (χ3v) is 3.74. The molecule has 0 bridgehead atoms. The van der Waals surface area contributed by atoms with Crippen molar-refractivity contribution in [3.05, 3.63) is 28.2 Å². The first-order chi connectivity index (χ1) is 6.27. The Kier molecular flexibility index (Phi) is 1.51. The van der Waals surface area contributed by atoms with Gasteiger partial charge >= 0.3 is 0 Å². The van der Waals surface area contributed by atoms with Crippen molar-refractivity contribution in [2.24, 2.45) is 5.41 Å². The van der Waals surface area contributed by atoms with Crippen LogP contribution in [0.2, 0.25) is 0 Å². The number of hydrogen-bond donors (Lipinski definition) is 1. The Morgan fingerprint density at radius 3 is 2.92 bits per heavy atom. The number of rotatable bonds is 0. The maximum Gasteiger partial charge on any atom is 0.0384 e. The first kappa shape index (κ1) is 7.86. The van der Waals surface area contributed by atoms with E-state index < -0.39 is 0 Å². The molecule has 1 aromatic carbocycles. The molecular weight excluding hydrogens is 226 g/mol. The third-order valence-electron chi connectivity index (χ3n) is 3.25. The van der Waals surface area contributed by atoms with Gasteiger partial charge in [-0.15, -0.1) is 0 Å². The van der Waals surface area contributed by atoms with E-state index in [4.69, 9.17) is 0 Å². The molecule has 1 aromatic rings. The van der Waals surface area contributed by atoms with Crippen LogP contribution in [-0.2, 0) is 6.42 Å². The van der Waals surface area contributed by atoms with Crippen LogP contribution in [0.4, 0.5) is 5.69 Å². The first-order valence-corrected chi connectivity index (χ1v) is 5.59.